The van der Waals surface area contributed by atoms with E-state index < -0.39 is 212 Å². The lowest BCUT2D eigenvalue weighted by molar-refractivity contribution is 0.00113. The molecule has 12 aromatic carbocycles. The van der Waals surface area contributed by atoms with Gasteiger partial charge in [-0.1, -0.05) is 36.4 Å². The standard InChI is InChI=1S/3C30H26O12/c3*31-13-7-20(37)24-23(8-13)41-29(12-2-4-16(33)19(36)6-12)27(40)26(24)25-21(38)10-17(34)14-9-22(39)28(42-30(14)25)11-1-3-15(32)18(35)5-11/h3*1-8,10,22,26-29,31-40H,9H2/t3*22-,26+,27+,28+,29+/m000/s1. The summed E-state index contributed by atoms with van der Waals surface area (Å²) < 4.78 is 36.3. The molecule has 126 heavy (non-hydrogen) atoms. The van der Waals surface area contributed by atoms with Crippen LogP contribution in [0.4, 0.5) is 0 Å². The maximum absolute atomic E-state index is 11.8. The summed E-state index contributed by atoms with van der Waals surface area (Å²) in [5, 5.41) is 316. The van der Waals surface area contributed by atoms with Gasteiger partial charge in [0.15, 0.2) is 87.3 Å². The molecule has 36 heteroatoms. The van der Waals surface area contributed by atoms with E-state index in [2.05, 4.69) is 0 Å². The van der Waals surface area contributed by atoms with Gasteiger partial charge in [-0.3, -0.25) is 0 Å². The molecule has 0 saturated heterocycles. The van der Waals surface area contributed by atoms with Gasteiger partial charge < -0.3 is 182 Å². The molecule has 6 heterocycles. The fraction of sp³-hybridized carbons (Fsp3) is 0.200. The predicted octanol–water partition coefficient (Wildman–Crippen LogP) is 8.98. The number of rotatable bonds is 9. The molecule has 654 valence electrons. The molecule has 0 amide bonds. The van der Waals surface area contributed by atoms with E-state index in [0.717, 1.165) is 36.4 Å². The van der Waals surface area contributed by atoms with Crippen LogP contribution in [-0.4, -0.2) is 190 Å². The van der Waals surface area contributed by atoms with Crippen molar-refractivity contribution in [2.24, 2.45) is 0 Å². The van der Waals surface area contributed by atoms with Gasteiger partial charge in [-0.05, 0) is 106 Å². The Bertz CT molecular complexity index is 5750. The Morgan fingerprint density at radius 2 is 0.381 bits per heavy atom. The summed E-state index contributed by atoms with van der Waals surface area (Å²) >= 11 is 0. The van der Waals surface area contributed by atoms with Crippen LogP contribution in [0.25, 0.3) is 0 Å². The fourth-order valence-corrected chi connectivity index (χ4v) is 17.1. The molecular weight excluding hydrogens is 1660 g/mol. The molecule has 0 unspecified atom stereocenters. The van der Waals surface area contributed by atoms with Gasteiger partial charge >= 0.3 is 0 Å². The molecule has 6 aliphatic rings. The van der Waals surface area contributed by atoms with E-state index in [9.17, 15) is 153 Å². The largest absolute Gasteiger partial charge is 0.508 e. The Morgan fingerprint density at radius 3 is 0.587 bits per heavy atom. The lowest BCUT2D eigenvalue weighted by Gasteiger charge is -2.40. The van der Waals surface area contributed by atoms with E-state index in [-0.39, 0.29) is 154 Å². The van der Waals surface area contributed by atoms with Crippen LogP contribution >= 0.6 is 0 Å². The van der Waals surface area contributed by atoms with Gasteiger partial charge in [-0.25, -0.2) is 0 Å². The average molecular weight is 1740 g/mol. The fourth-order valence-electron chi connectivity index (χ4n) is 17.1. The first-order valence-electron chi connectivity index (χ1n) is 38.4. The summed E-state index contributed by atoms with van der Waals surface area (Å²) in [5.41, 5.74) is 1.30. The zero-order valence-electron chi connectivity index (χ0n) is 64.7. The Kier molecular flexibility index (Phi) is 21.3. The second-order valence-corrected chi connectivity index (χ2v) is 31.0. The lowest BCUT2D eigenvalue weighted by atomic mass is 9.77. The number of aliphatic hydroxyl groups is 6. The van der Waals surface area contributed by atoms with E-state index in [1.807, 2.05) is 0 Å². The Balaban J connectivity index is 0.000000139. The number of ether oxygens (including phenoxy) is 6. The summed E-state index contributed by atoms with van der Waals surface area (Å²) in [4.78, 5) is 0. The number of aliphatic hydroxyl groups excluding tert-OH is 6. The molecule has 18 rings (SSSR count). The number of fused-ring (bicyclic) bond motifs is 6. The zero-order valence-corrected chi connectivity index (χ0v) is 64.7. The highest BCUT2D eigenvalue weighted by Crippen LogP contribution is 2.63. The molecule has 0 bridgehead atoms. The SMILES string of the molecule is Oc1cc(O)c2c(c1)O[C@H](c1ccc(O)c(O)c1)[C@H](O)[C@H]2c1c(O)cc(O)c2c1O[C@H](c1ccc(O)c(O)c1)[C@@H](O)C2.Oc1cc(O)c2c(c1)O[C@H](c1ccc(O)c(O)c1)[C@H](O)[C@H]2c1c(O)cc(O)c2c1O[C@H](c1ccc(O)c(O)c1)[C@@H](O)C2.Oc1cc(O)c2c(c1)O[C@H](c1ccc(O)c(O)c1)[C@H](O)[C@H]2c1c(O)cc(O)c2c1O[C@H](c1ccc(O)c(O)c1)[C@@H](O)C2. The molecule has 12 aromatic rings. The van der Waals surface area contributed by atoms with Crippen molar-refractivity contribution < 1.29 is 182 Å². The third kappa shape index (κ3) is 14.8. The molecule has 30 N–H and O–H groups in total. The Morgan fingerprint density at radius 1 is 0.183 bits per heavy atom. The second-order valence-electron chi connectivity index (χ2n) is 31.0. The highest BCUT2D eigenvalue weighted by atomic mass is 16.5. The minimum atomic E-state index is -1.59. The molecule has 15 atom stereocenters. The maximum Gasteiger partial charge on any atom is 0.157 e. The monoisotopic (exact) mass is 1730 g/mol. The maximum atomic E-state index is 11.8. The van der Waals surface area contributed by atoms with Crippen molar-refractivity contribution >= 4 is 0 Å². The number of benzene rings is 12. The smallest absolute Gasteiger partial charge is 0.157 e. The van der Waals surface area contributed by atoms with Crippen molar-refractivity contribution in [2.45, 2.75) is 110 Å². The van der Waals surface area contributed by atoms with Gasteiger partial charge in [0.25, 0.3) is 0 Å². The molecule has 0 radical (unpaired) electrons. The minimum Gasteiger partial charge on any atom is -0.508 e. The van der Waals surface area contributed by atoms with Crippen LogP contribution in [0.5, 0.6) is 172 Å². The van der Waals surface area contributed by atoms with Gasteiger partial charge in [-0.2, -0.15) is 0 Å². The average Bonchev–Trinajstić information content (AvgIpc) is 0.734. The molecule has 0 fully saturated rings. The summed E-state index contributed by atoms with van der Waals surface area (Å²) in [6, 6.07) is 32.3. The van der Waals surface area contributed by atoms with Crippen molar-refractivity contribution in [1.29, 1.82) is 0 Å². The van der Waals surface area contributed by atoms with Gasteiger partial charge in [-0.15, -0.1) is 0 Å². The third-order valence-electron chi connectivity index (χ3n) is 23.0. The first-order chi connectivity index (χ1) is 59.8. The van der Waals surface area contributed by atoms with Crippen LogP contribution in [0.2, 0.25) is 0 Å². The molecule has 0 spiro atoms. The number of phenols is 24. The predicted molar refractivity (Wildman–Crippen MR) is 430 cm³/mol. The van der Waals surface area contributed by atoms with Crippen molar-refractivity contribution in [3.63, 3.8) is 0 Å². The highest BCUT2D eigenvalue weighted by molar-refractivity contribution is 5.71. The van der Waals surface area contributed by atoms with Crippen molar-refractivity contribution in [2.75, 3.05) is 0 Å². The summed E-state index contributed by atoms with van der Waals surface area (Å²) in [6.07, 6.45) is -16.3. The molecule has 0 aromatic heterocycles. The van der Waals surface area contributed by atoms with E-state index >= 15 is 0 Å². The Hall–Kier alpha value is -15.6. The van der Waals surface area contributed by atoms with E-state index in [1.54, 1.807) is 0 Å². The number of phenolic OH excluding ortho intramolecular Hbond substituents is 24. The Labute approximate surface area is 708 Å². The zero-order chi connectivity index (χ0) is 90.1. The van der Waals surface area contributed by atoms with Crippen LogP contribution in [0.3, 0.4) is 0 Å². The van der Waals surface area contributed by atoms with Crippen LogP contribution in [0.15, 0.2) is 164 Å². The van der Waals surface area contributed by atoms with E-state index in [1.165, 1.54) is 127 Å². The molecular formula is C90H78O36. The van der Waals surface area contributed by atoms with Crippen LogP contribution in [0.1, 0.15) is 138 Å². The van der Waals surface area contributed by atoms with Crippen LogP contribution in [0, 0.1) is 0 Å². The highest BCUT2D eigenvalue weighted by Gasteiger charge is 2.51. The topological polar surface area (TPSA) is 662 Å². The van der Waals surface area contributed by atoms with Gasteiger partial charge in [0.2, 0.25) is 0 Å². The first kappa shape index (κ1) is 84.0. The number of aromatic hydroxyl groups is 24. The lowest BCUT2D eigenvalue weighted by Crippen LogP contribution is -2.36. The van der Waals surface area contributed by atoms with E-state index in [4.69, 9.17) is 28.4 Å². The van der Waals surface area contributed by atoms with Crippen molar-refractivity contribution in [3.8, 4) is 172 Å². The van der Waals surface area contributed by atoms with Crippen molar-refractivity contribution in [1.82, 2.24) is 0 Å². The summed E-state index contributed by atoms with van der Waals surface area (Å²) in [5.74, 6) is -15.3. The minimum absolute atomic E-state index is 0.0312. The normalized spacial score (nSPS) is 22.9. The van der Waals surface area contributed by atoms with Crippen LogP contribution < -0.4 is 28.4 Å². The first-order valence-corrected chi connectivity index (χ1v) is 38.4. The molecule has 0 aliphatic carbocycles. The van der Waals surface area contributed by atoms with E-state index in [0.29, 0.717) is 0 Å². The quantitative estimate of drug-likeness (QED) is 0.0599. The molecule has 0 saturated carbocycles. The van der Waals surface area contributed by atoms with Gasteiger partial charge in [0.1, 0.15) is 140 Å². The second kappa shape index (κ2) is 32.0. The number of hydrogen-bond donors (Lipinski definition) is 30. The van der Waals surface area contributed by atoms with Crippen LogP contribution in [-0.2, 0) is 19.3 Å². The van der Waals surface area contributed by atoms with Gasteiger partial charge in [0, 0.05) is 124 Å². The molecule has 6 aliphatic heterocycles. The summed E-state index contributed by atoms with van der Waals surface area (Å²) in [7, 11) is 0. The molecule has 36 nitrogen and oxygen atoms in total. The van der Waals surface area contributed by atoms with Crippen molar-refractivity contribution in [3.05, 3.63) is 247 Å². The summed E-state index contributed by atoms with van der Waals surface area (Å²) in [6.45, 7) is 0. The third-order valence-corrected chi connectivity index (χ3v) is 23.0. The van der Waals surface area contributed by atoms with Gasteiger partial charge in [0.05, 0.1) is 36.1 Å². The number of hydrogen-bond acceptors (Lipinski definition) is 36.